The Morgan fingerprint density at radius 3 is 2.73 bits per heavy atom. The summed E-state index contributed by atoms with van der Waals surface area (Å²) < 4.78 is 17.9. The number of hydrogen-bond donors (Lipinski definition) is 1. The lowest BCUT2D eigenvalue weighted by Crippen LogP contribution is -2.17. The summed E-state index contributed by atoms with van der Waals surface area (Å²) in [5, 5.41) is 13.7. The van der Waals surface area contributed by atoms with Gasteiger partial charge in [-0.25, -0.2) is 4.79 Å². The number of aromatic nitrogens is 1. The molecule has 0 atom stereocenters. The molecule has 1 fully saturated rings. The molecule has 3 aromatic rings. The fourth-order valence-electron chi connectivity index (χ4n) is 4.03. The van der Waals surface area contributed by atoms with E-state index in [9.17, 15) is 19.7 Å². The molecule has 10 heteroatoms. The van der Waals surface area contributed by atoms with E-state index < -0.39 is 10.7 Å². The molecule has 1 N–H and O–H groups in total. The first-order chi connectivity index (χ1) is 15.9. The number of aryl methyl sites for hydroxylation is 1. The molecule has 174 valence electrons. The summed E-state index contributed by atoms with van der Waals surface area (Å²) in [6, 6.07) is 9.28. The van der Waals surface area contributed by atoms with Crippen molar-refractivity contribution in [1.82, 2.24) is 4.57 Å². The van der Waals surface area contributed by atoms with Gasteiger partial charge in [0.25, 0.3) is 5.69 Å². The number of hydrogen-bond acceptors (Lipinski definition) is 7. The van der Waals surface area contributed by atoms with Crippen LogP contribution in [0.15, 0.2) is 45.6 Å². The van der Waals surface area contributed by atoms with Gasteiger partial charge in [-0.15, -0.1) is 0 Å². The minimum absolute atomic E-state index is 0.145. The van der Waals surface area contributed by atoms with E-state index in [2.05, 4.69) is 5.32 Å². The fourth-order valence-corrected chi connectivity index (χ4v) is 4.03. The number of benzene rings is 2. The van der Waals surface area contributed by atoms with E-state index in [4.69, 9.17) is 13.9 Å². The highest BCUT2D eigenvalue weighted by molar-refractivity contribution is 5.91. The first-order valence-corrected chi connectivity index (χ1v) is 10.9. The average Bonchev–Trinajstić information content (AvgIpc) is 3.41. The summed E-state index contributed by atoms with van der Waals surface area (Å²) in [4.78, 5) is 34.9. The molecule has 1 heterocycles. The van der Waals surface area contributed by atoms with Gasteiger partial charge in [0.2, 0.25) is 5.91 Å². The van der Waals surface area contributed by atoms with Crippen LogP contribution in [0.4, 0.5) is 11.4 Å². The lowest BCUT2D eigenvalue weighted by molar-refractivity contribution is -0.384. The zero-order chi connectivity index (χ0) is 23.4. The van der Waals surface area contributed by atoms with Gasteiger partial charge < -0.3 is 19.2 Å². The van der Waals surface area contributed by atoms with Crippen molar-refractivity contribution in [3.63, 3.8) is 0 Å². The number of carbonyl (C=O) groups excluding carboxylic acids is 1. The molecule has 1 aliphatic carbocycles. The van der Waals surface area contributed by atoms with Gasteiger partial charge in [0.05, 0.1) is 29.7 Å². The second-order valence-corrected chi connectivity index (χ2v) is 7.97. The summed E-state index contributed by atoms with van der Waals surface area (Å²) in [5.74, 6) is 0.400. The van der Waals surface area contributed by atoms with Crippen LogP contribution >= 0.6 is 0 Å². The summed E-state index contributed by atoms with van der Waals surface area (Å²) in [5.41, 5.74) is 1.05. The molecule has 4 rings (SSSR count). The summed E-state index contributed by atoms with van der Waals surface area (Å²) in [7, 11) is 1.58. The molecular formula is C23H25N3O7. The van der Waals surface area contributed by atoms with Crippen molar-refractivity contribution in [3.8, 4) is 11.5 Å². The number of rotatable bonds is 9. The van der Waals surface area contributed by atoms with Crippen LogP contribution in [0.5, 0.6) is 11.5 Å². The first-order valence-electron chi connectivity index (χ1n) is 10.9. The van der Waals surface area contributed by atoms with Gasteiger partial charge in [-0.3, -0.25) is 19.5 Å². The number of nitrogens with zero attached hydrogens (tertiary/aromatic N) is 2. The Kier molecular flexibility index (Phi) is 6.62. The zero-order valence-corrected chi connectivity index (χ0v) is 18.2. The summed E-state index contributed by atoms with van der Waals surface area (Å²) in [6.45, 7) is 0.246. The monoisotopic (exact) mass is 455 g/mol. The highest BCUT2D eigenvalue weighted by Gasteiger charge is 2.19. The standard InChI is InChI=1S/C23H25N3O7/c1-31-19-11-8-15(13-21(19)32-17-5-2-3-6-17)24-22(27)7-4-12-25-18-10-9-16(26(29)30)14-20(18)33-23(25)28/h8-11,13-14,17H,2-7,12H2,1H3,(H,24,27). The van der Waals surface area contributed by atoms with E-state index in [0.29, 0.717) is 29.1 Å². The van der Waals surface area contributed by atoms with Crippen molar-refractivity contribution in [2.75, 3.05) is 12.4 Å². The van der Waals surface area contributed by atoms with Crippen LogP contribution in [0.1, 0.15) is 38.5 Å². The minimum Gasteiger partial charge on any atom is -0.493 e. The molecule has 1 amide bonds. The van der Waals surface area contributed by atoms with Crippen LogP contribution in [0.2, 0.25) is 0 Å². The second-order valence-electron chi connectivity index (χ2n) is 7.97. The van der Waals surface area contributed by atoms with Crippen molar-refractivity contribution in [2.45, 2.75) is 51.2 Å². The molecule has 0 bridgehead atoms. The third-order valence-electron chi connectivity index (χ3n) is 5.69. The number of non-ortho nitro benzene ring substituents is 1. The van der Waals surface area contributed by atoms with Crippen LogP contribution in [-0.2, 0) is 11.3 Å². The van der Waals surface area contributed by atoms with Crippen LogP contribution in [0, 0.1) is 10.1 Å². The third-order valence-corrected chi connectivity index (χ3v) is 5.69. The number of ether oxygens (including phenoxy) is 2. The predicted octanol–water partition coefficient (Wildman–Crippen LogP) is 4.25. The maximum absolute atomic E-state index is 12.5. The zero-order valence-electron chi connectivity index (χ0n) is 18.2. The number of nitro benzene ring substituents is 1. The van der Waals surface area contributed by atoms with E-state index in [1.54, 1.807) is 25.3 Å². The molecule has 1 aliphatic rings. The van der Waals surface area contributed by atoms with E-state index in [-0.39, 0.29) is 36.2 Å². The fraction of sp³-hybridized carbons (Fsp3) is 0.391. The Morgan fingerprint density at radius 1 is 1.21 bits per heavy atom. The van der Waals surface area contributed by atoms with Crippen molar-refractivity contribution >= 4 is 28.4 Å². The molecule has 10 nitrogen and oxygen atoms in total. The molecule has 0 saturated heterocycles. The van der Waals surface area contributed by atoms with E-state index in [0.717, 1.165) is 25.7 Å². The number of nitrogens with one attached hydrogen (secondary N) is 1. The van der Waals surface area contributed by atoms with Crippen molar-refractivity contribution in [2.24, 2.45) is 0 Å². The lowest BCUT2D eigenvalue weighted by atomic mass is 10.2. The average molecular weight is 455 g/mol. The molecular weight excluding hydrogens is 430 g/mol. The Balaban J connectivity index is 1.36. The molecule has 0 unspecified atom stereocenters. The molecule has 1 aromatic heterocycles. The van der Waals surface area contributed by atoms with Crippen molar-refractivity contribution in [1.29, 1.82) is 0 Å². The van der Waals surface area contributed by atoms with Crippen molar-refractivity contribution < 1.29 is 23.6 Å². The molecule has 2 aromatic carbocycles. The maximum Gasteiger partial charge on any atom is 0.419 e. The molecule has 1 saturated carbocycles. The quantitative estimate of drug-likeness (QED) is 0.377. The Bertz CT molecular complexity index is 1220. The predicted molar refractivity (Wildman–Crippen MR) is 121 cm³/mol. The van der Waals surface area contributed by atoms with Gasteiger partial charge in [-0.05, 0) is 50.3 Å². The largest absolute Gasteiger partial charge is 0.493 e. The summed E-state index contributed by atoms with van der Waals surface area (Å²) in [6.07, 6.45) is 5.04. The topological polar surface area (TPSA) is 126 Å². The van der Waals surface area contributed by atoms with E-state index in [1.165, 1.54) is 22.8 Å². The number of anilines is 1. The van der Waals surface area contributed by atoms with Gasteiger partial charge in [-0.2, -0.15) is 0 Å². The van der Waals surface area contributed by atoms with E-state index >= 15 is 0 Å². The van der Waals surface area contributed by atoms with Crippen LogP contribution in [0.3, 0.4) is 0 Å². The minimum atomic E-state index is -0.616. The van der Waals surface area contributed by atoms with Crippen LogP contribution in [0.25, 0.3) is 11.1 Å². The van der Waals surface area contributed by atoms with E-state index in [1.807, 2.05) is 0 Å². The highest BCUT2D eigenvalue weighted by Crippen LogP contribution is 2.34. The number of amides is 1. The number of oxazole rings is 1. The molecule has 0 spiro atoms. The molecule has 0 radical (unpaired) electrons. The highest BCUT2D eigenvalue weighted by atomic mass is 16.6. The van der Waals surface area contributed by atoms with Gasteiger partial charge in [0.15, 0.2) is 17.1 Å². The normalized spacial score (nSPS) is 13.8. The lowest BCUT2D eigenvalue weighted by Gasteiger charge is -2.17. The number of methoxy groups -OCH3 is 1. The summed E-state index contributed by atoms with van der Waals surface area (Å²) >= 11 is 0. The molecule has 33 heavy (non-hydrogen) atoms. The number of nitro groups is 1. The third kappa shape index (κ3) is 5.16. The van der Waals surface area contributed by atoms with Gasteiger partial charge >= 0.3 is 5.76 Å². The van der Waals surface area contributed by atoms with Gasteiger partial charge in [0, 0.05) is 30.8 Å². The van der Waals surface area contributed by atoms with Crippen molar-refractivity contribution in [3.05, 3.63) is 57.1 Å². The van der Waals surface area contributed by atoms with Gasteiger partial charge in [0.1, 0.15) is 0 Å². The molecule has 0 aliphatic heterocycles. The number of carbonyl (C=O) groups is 1. The van der Waals surface area contributed by atoms with Crippen LogP contribution < -0.4 is 20.5 Å². The SMILES string of the molecule is COc1ccc(NC(=O)CCCn2c(=O)oc3cc([N+](=O)[O-])ccc32)cc1OC1CCCC1. The van der Waals surface area contributed by atoms with Crippen LogP contribution in [-0.4, -0.2) is 28.6 Å². The Morgan fingerprint density at radius 2 is 2.00 bits per heavy atom. The first kappa shape index (κ1) is 22.4. The Hall–Kier alpha value is -3.82. The Labute approximate surface area is 189 Å². The van der Waals surface area contributed by atoms with Gasteiger partial charge in [-0.1, -0.05) is 0 Å². The maximum atomic E-state index is 12.5. The number of fused-ring (bicyclic) bond motifs is 1. The second kappa shape index (κ2) is 9.76. The smallest absolute Gasteiger partial charge is 0.419 e.